The van der Waals surface area contributed by atoms with Gasteiger partial charge in [0.1, 0.15) is 0 Å². The summed E-state index contributed by atoms with van der Waals surface area (Å²) in [5, 5.41) is 5.96. The highest BCUT2D eigenvalue weighted by atomic mass is 16.2. The molecule has 0 radical (unpaired) electrons. The quantitative estimate of drug-likeness (QED) is 0.807. The molecular formula is C18H26N2O2. The molecule has 1 aliphatic carbocycles. The molecule has 120 valence electrons. The predicted molar refractivity (Wildman–Crippen MR) is 88.4 cm³/mol. The fourth-order valence-electron chi connectivity index (χ4n) is 2.45. The average molecular weight is 302 g/mol. The molecule has 1 fully saturated rings. The van der Waals surface area contributed by atoms with Crippen LogP contribution in [0, 0.1) is 11.8 Å². The van der Waals surface area contributed by atoms with Crippen LogP contribution in [0.4, 0.5) is 5.69 Å². The zero-order valence-corrected chi connectivity index (χ0v) is 13.7. The fourth-order valence-corrected chi connectivity index (χ4v) is 2.45. The maximum atomic E-state index is 12.0. The van der Waals surface area contributed by atoms with E-state index in [2.05, 4.69) is 17.6 Å². The van der Waals surface area contributed by atoms with Gasteiger partial charge < -0.3 is 10.6 Å². The number of rotatable bonds is 7. The Morgan fingerprint density at radius 2 is 1.82 bits per heavy atom. The lowest BCUT2D eigenvalue weighted by molar-refractivity contribution is -0.125. The summed E-state index contributed by atoms with van der Waals surface area (Å²) in [4.78, 5) is 23.8. The Labute approximate surface area is 132 Å². The maximum Gasteiger partial charge on any atom is 0.227 e. The Morgan fingerprint density at radius 3 is 2.36 bits per heavy atom. The number of hydrogen-bond donors (Lipinski definition) is 2. The first-order valence-corrected chi connectivity index (χ1v) is 8.22. The molecule has 2 amide bonds. The number of nitrogens with one attached hydrogen (secondary N) is 2. The van der Waals surface area contributed by atoms with Crippen molar-refractivity contribution in [2.24, 2.45) is 11.8 Å². The Balaban J connectivity index is 1.88. The molecule has 0 spiro atoms. The van der Waals surface area contributed by atoms with Gasteiger partial charge in [-0.1, -0.05) is 32.4 Å². The molecule has 4 nitrogen and oxygen atoms in total. The molecule has 2 unspecified atom stereocenters. The normalized spacial score (nSPS) is 16.7. The van der Waals surface area contributed by atoms with Gasteiger partial charge >= 0.3 is 0 Å². The second-order valence-electron chi connectivity index (χ2n) is 6.31. The van der Waals surface area contributed by atoms with Crippen molar-refractivity contribution in [1.29, 1.82) is 0 Å². The standard InChI is InChI=1S/C18H26N2O2/c1-4-5-12(2)17(21)19-13(3)14-8-10-16(11-9-14)20-18(22)15-6-7-15/h8-13,15H,4-7H2,1-3H3,(H,19,21)(H,20,22). The summed E-state index contributed by atoms with van der Waals surface area (Å²) in [7, 11) is 0. The SMILES string of the molecule is CCCC(C)C(=O)NC(C)c1ccc(NC(=O)C2CC2)cc1. The number of carbonyl (C=O) groups excluding carboxylic acids is 2. The third-order valence-corrected chi connectivity index (χ3v) is 4.15. The first-order chi connectivity index (χ1) is 10.5. The summed E-state index contributed by atoms with van der Waals surface area (Å²) in [6, 6.07) is 7.68. The summed E-state index contributed by atoms with van der Waals surface area (Å²) in [5.74, 6) is 0.463. The number of benzene rings is 1. The molecule has 2 atom stereocenters. The van der Waals surface area contributed by atoms with Crippen LogP contribution in [0.15, 0.2) is 24.3 Å². The van der Waals surface area contributed by atoms with Crippen LogP contribution in [0.2, 0.25) is 0 Å². The minimum absolute atomic E-state index is 0.0278. The van der Waals surface area contributed by atoms with Gasteiger partial charge in [-0.25, -0.2) is 0 Å². The monoisotopic (exact) mass is 302 g/mol. The predicted octanol–water partition coefficient (Wildman–Crippen LogP) is 3.65. The van der Waals surface area contributed by atoms with E-state index in [0.717, 1.165) is 36.9 Å². The van der Waals surface area contributed by atoms with Crippen LogP contribution in [-0.2, 0) is 9.59 Å². The van der Waals surface area contributed by atoms with E-state index in [4.69, 9.17) is 0 Å². The lowest BCUT2D eigenvalue weighted by atomic mass is 10.0. The van der Waals surface area contributed by atoms with Crippen molar-refractivity contribution in [3.05, 3.63) is 29.8 Å². The maximum absolute atomic E-state index is 12.0. The molecule has 2 rings (SSSR count). The van der Waals surface area contributed by atoms with Crippen molar-refractivity contribution in [2.45, 2.75) is 52.5 Å². The molecule has 0 aliphatic heterocycles. The van der Waals surface area contributed by atoms with E-state index < -0.39 is 0 Å². The summed E-state index contributed by atoms with van der Waals surface area (Å²) in [6.45, 7) is 6.03. The van der Waals surface area contributed by atoms with Crippen LogP contribution < -0.4 is 10.6 Å². The van der Waals surface area contributed by atoms with Crippen LogP contribution in [0.1, 0.15) is 58.1 Å². The number of hydrogen-bond acceptors (Lipinski definition) is 2. The van der Waals surface area contributed by atoms with Gasteiger partial charge in [-0.15, -0.1) is 0 Å². The minimum atomic E-state index is -0.0278. The summed E-state index contributed by atoms with van der Waals surface area (Å²) in [6.07, 6.45) is 3.93. The molecule has 1 aliphatic rings. The first kappa shape index (κ1) is 16.5. The second kappa shape index (κ2) is 7.43. The Morgan fingerprint density at radius 1 is 1.18 bits per heavy atom. The van der Waals surface area contributed by atoms with E-state index in [-0.39, 0.29) is 29.7 Å². The van der Waals surface area contributed by atoms with Gasteiger partial charge in [-0.3, -0.25) is 9.59 Å². The Bertz CT molecular complexity index is 520. The van der Waals surface area contributed by atoms with E-state index in [0.29, 0.717) is 0 Å². The molecule has 2 N–H and O–H groups in total. The zero-order valence-electron chi connectivity index (χ0n) is 13.7. The van der Waals surface area contributed by atoms with Crippen LogP contribution in [0.3, 0.4) is 0 Å². The number of carbonyl (C=O) groups is 2. The number of amides is 2. The van der Waals surface area contributed by atoms with Gasteiger partial charge in [0.2, 0.25) is 11.8 Å². The number of anilines is 1. The van der Waals surface area contributed by atoms with Crippen molar-refractivity contribution in [1.82, 2.24) is 5.32 Å². The minimum Gasteiger partial charge on any atom is -0.349 e. The highest BCUT2D eigenvalue weighted by molar-refractivity contribution is 5.94. The van der Waals surface area contributed by atoms with Gasteiger partial charge in [0, 0.05) is 17.5 Å². The summed E-state index contributed by atoms with van der Waals surface area (Å²) in [5.41, 5.74) is 1.86. The smallest absolute Gasteiger partial charge is 0.227 e. The van der Waals surface area contributed by atoms with Crippen molar-refractivity contribution in [2.75, 3.05) is 5.32 Å². The average Bonchev–Trinajstić information content (AvgIpc) is 3.32. The summed E-state index contributed by atoms with van der Waals surface area (Å²) >= 11 is 0. The molecule has 0 bridgehead atoms. The highest BCUT2D eigenvalue weighted by Gasteiger charge is 2.29. The third kappa shape index (κ3) is 4.58. The van der Waals surface area contributed by atoms with Crippen molar-refractivity contribution in [3.8, 4) is 0 Å². The third-order valence-electron chi connectivity index (χ3n) is 4.15. The van der Waals surface area contributed by atoms with Crippen LogP contribution in [-0.4, -0.2) is 11.8 Å². The van der Waals surface area contributed by atoms with E-state index in [9.17, 15) is 9.59 Å². The van der Waals surface area contributed by atoms with Gasteiger partial charge in [-0.05, 0) is 43.9 Å². The molecule has 0 saturated heterocycles. The van der Waals surface area contributed by atoms with Crippen molar-refractivity contribution in [3.63, 3.8) is 0 Å². The van der Waals surface area contributed by atoms with Crippen molar-refractivity contribution < 1.29 is 9.59 Å². The fraction of sp³-hybridized carbons (Fsp3) is 0.556. The molecule has 1 saturated carbocycles. The summed E-state index contributed by atoms with van der Waals surface area (Å²) < 4.78 is 0. The van der Waals surface area contributed by atoms with Crippen molar-refractivity contribution >= 4 is 17.5 Å². The van der Waals surface area contributed by atoms with E-state index in [1.54, 1.807) is 0 Å². The Hall–Kier alpha value is -1.84. The van der Waals surface area contributed by atoms with E-state index in [1.807, 2.05) is 38.1 Å². The molecule has 0 aromatic heterocycles. The molecule has 1 aromatic carbocycles. The van der Waals surface area contributed by atoms with Gasteiger partial charge in [0.15, 0.2) is 0 Å². The van der Waals surface area contributed by atoms with Gasteiger partial charge in [-0.2, -0.15) is 0 Å². The topological polar surface area (TPSA) is 58.2 Å². The largest absolute Gasteiger partial charge is 0.349 e. The van der Waals surface area contributed by atoms with Crippen LogP contribution in [0.5, 0.6) is 0 Å². The van der Waals surface area contributed by atoms with Gasteiger partial charge in [0.25, 0.3) is 0 Å². The Kier molecular flexibility index (Phi) is 5.58. The van der Waals surface area contributed by atoms with E-state index in [1.165, 1.54) is 0 Å². The van der Waals surface area contributed by atoms with E-state index >= 15 is 0 Å². The molecule has 0 heterocycles. The zero-order chi connectivity index (χ0) is 16.1. The molecule has 22 heavy (non-hydrogen) atoms. The second-order valence-corrected chi connectivity index (χ2v) is 6.31. The van der Waals surface area contributed by atoms with Crippen LogP contribution in [0.25, 0.3) is 0 Å². The highest BCUT2D eigenvalue weighted by Crippen LogP contribution is 2.30. The molecule has 4 heteroatoms. The lowest BCUT2D eigenvalue weighted by Crippen LogP contribution is -2.31. The lowest BCUT2D eigenvalue weighted by Gasteiger charge is -2.18. The van der Waals surface area contributed by atoms with Gasteiger partial charge in [0.05, 0.1) is 6.04 Å². The molecular weight excluding hydrogens is 276 g/mol. The first-order valence-electron chi connectivity index (χ1n) is 8.22. The van der Waals surface area contributed by atoms with Crippen LogP contribution >= 0.6 is 0 Å². The molecule has 1 aromatic rings.